The van der Waals surface area contributed by atoms with Crippen LogP contribution in [-0.4, -0.2) is 41.1 Å². The molecule has 1 saturated carbocycles. The molecule has 4 nitrogen and oxygen atoms in total. The largest absolute Gasteiger partial charge is 0.490 e. The van der Waals surface area contributed by atoms with E-state index in [0.717, 1.165) is 53.4 Å². The molecule has 1 aromatic heterocycles. The molecule has 156 valence electrons. The Labute approximate surface area is 170 Å². The Morgan fingerprint density at radius 3 is 2.28 bits per heavy atom. The summed E-state index contributed by atoms with van der Waals surface area (Å²) in [5.74, 6) is 0.833. The van der Waals surface area contributed by atoms with Crippen LogP contribution in [0.5, 0.6) is 5.75 Å². The molecule has 0 radical (unpaired) electrons. The van der Waals surface area contributed by atoms with Gasteiger partial charge in [-0.25, -0.2) is 8.78 Å². The first-order chi connectivity index (χ1) is 14.1. The summed E-state index contributed by atoms with van der Waals surface area (Å²) < 4.78 is 32.2. The fourth-order valence-electron chi connectivity index (χ4n) is 4.53. The number of pyridine rings is 1. The molecule has 2 fully saturated rings. The van der Waals surface area contributed by atoms with E-state index in [9.17, 15) is 13.6 Å². The summed E-state index contributed by atoms with van der Waals surface area (Å²) in [6.07, 6.45) is 6.67. The van der Waals surface area contributed by atoms with Crippen LogP contribution in [0.3, 0.4) is 0 Å². The van der Waals surface area contributed by atoms with Crippen LogP contribution in [0.1, 0.15) is 38.5 Å². The quantitative estimate of drug-likeness (QED) is 0.710. The molecular weight excluding hydrogens is 374 g/mol. The van der Waals surface area contributed by atoms with Gasteiger partial charge in [0, 0.05) is 31.4 Å². The molecule has 2 heterocycles. The van der Waals surface area contributed by atoms with Crippen molar-refractivity contribution >= 4 is 0 Å². The zero-order valence-electron chi connectivity index (χ0n) is 16.6. The van der Waals surface area contributed by atoms with Gasteiger partial charge in [0.15, 0.2) is 0 Å². The number of rotatable bonds is 6. The van der Waals surface area contributed by atoms with Gasteiger partial charge in [-0.2, -0.15) is 0 Å². The maximum absolute atomic E-state index is 12.5. The third-order valence-corrected chi connectivity index (χ3v) is 6.14. The minimum atomic E-state index is -2.54. The van der Waals surface area contributed by atoms with Crippen LogP contribution in [0, 0.1) is 0 Å². The molecule has 2 aromatic rings. The lowest BCUT2D eigenvalue weighted by atomic mass is 10.0. The smallest absolute Gasteiger partial charge is 0.256 e. The van der Waals surface area contributed by atoms with Gasteiger partial charge in [-0.3, -0.25) is 4.79 Å². The number of piperidine rings is 1. The highest BCUT2D eigenvalue weighted by Crippen LogP contribution is 2.28. The highest BCUT2D eigenvalue weighted by Gasteiger charge is 2.27. The van der Waals surface area contributed by atoms with Crippen LogP contribution >= 0.6 is 0 Å². The number of likely N-dealkylation sites (tertiary alicyclic amines) is 1. The van der Waals surface area contributed by atoms with Gasteiger partial charge >= 0.3 is 0 Å². The Hall–Kier alpha value is -2.21. The number of hydrogen-bond donors (Lipinski definition) is 0. The molecule has 0 atom stereocenters. The van der Waals surface area contributed by atoms with E-state index in [0.29, 0.717) is 0 Å². The van der Waals surface area contributed by atoms with E-state index in [1.54, 1.807) is 6.07 Å². The van der Waals surface area contributed by atoms with Crippen molar-refractivity contribution in [2.24, 2.45) is 0 Å². The molecule has 0 unspecified atom stereocenters. The fraction of sp³-hybridized carbons (Fsp3) is 0.522. The topological polar surface area (TPSA) is 34.5 Å². The highest BCUT2D eigenvalue weighted by atomic mass is 19.3. The molecule has 29 heavy (non-hydrogen) atoms. The third kappa shape index (κ3) is 5.04. The van der Waals surface area contributed by atoms with Crippen molar-refractivity contribution in [2.45, 2.75) is 63.6 Å². The van der Waals surface area contributed by atoms with Crippen LogP contribution < -0.4 is 10.3 Å². The average molecular weight is 402 g/mol. The molecule has 0 bridgehead atoms. The highest BCUT2D eigenvalue weighted by molar-refractivity contribution is 5.63. The Morgan fingerprint density at radius 1 is 0.966 bits per heavy atom. The second kappa shape index (κ2) is 9.08. The second-order valence-electron chi connectivity index (χ2n) is 8.11. The van der Waals surface area contributed by atoms with E-state index in [-0.39, 0.29) is 6.10 Å². The van der Waals surface area contributed by atoms with Crippen molar-refractivity contribution in [1.82, 2.24) is 9.47 Å². The summed E-state index contributed by atoms with van der Waals surface area (Å²) in [4.78, 5) is 14.6. The van der Waals surface area contributed by atoms with Gasteiger partial charge in [-0.05, 0) is 55.0 Å². The fourth-order valence-corrected chi connectivity index (χ4v) is 4.53. The van der Waals surface area contributed by atoms with Crippen LogP contribution in [0.15, 0.2) is 47.4 Å². The Bertz CT molecular complexity index is 852. The van der Waals surface area contributed by atoms with Crippen molar-refractivity contribution in [2.75, 3.05) is 13.1 Å². The van der Waals surface area contributed by atoms with Crippen molar-refractivity contribution in [3.05, 3.63) is 52.9 Å². The Kier molecular flexibility index (Phi) is 6.28. The first kappa shape index (κ1) is 20.1. The van der Waals surface area contributed by atoms with Crippen LogP contribution in [0.2, 0.25) is 0 Å². The second-order valence-corrected chi connectivity index (χ2v) is 8.11. The van der Waals surface area contributed by atoms with Crippen molar-refractivity contribution in [3.8, 4) is 16.9 Å². The number of nitrogens with zero attached hydrogens (tertiary/aromatic N) is 2. The van der Waals surface area contributed by atoms with E-state index in [1.165, 1.54) is 37.9 Å². The van der Waals surface area contributed by atoms with Gasteiger partial charge in [-0.15, -0.1) is 0 Å². The summed E-state index contributed by atoms with van der Waals surface area (Å²) in [5.41, 5.74) is 1.17. The van der Waals surface area contributed by atoms with Crippen molar-refractivity contribution in [1.29, 1.82) is 0 Å². The van der Waals surface area contributed by atoms with Crippen LogP contribution in [-0.2, 0) is 6.54 Å². The third-order valence-electron chi connectivity index (χ3n) is 6.14. The lowest BCUT2D eigenvalue weighted by molar-refractivity contribution is 0.0768. The summed E-state index contributed by atoms with van der Waals surface area (Å²) in [6.45, 7) is 1.65. The average Bonchev–Trinajstić information content (AvgIpc) is 3.25. The molecule has 0 amide bonds. The molecule has 1 aliphatic carbocycles. The minimum Gasteiger partial charge on any atom is -0.490 e. The molecule has 0 spiro atoms. The normalized spacial score (nSPS) is 19.1. The minimum absolute atomic E-state index is 0.247. The number of ether oxygens (including phenoxy) is 1. The Balaban J connectivity index is 1.34. The number of halogens is 2. The van der Waals surface area contributed by atoms with E-state index in [1.807, 2.05) is 24.3 Å². The van der Waals surface area contributed by atoms with Crippen molar-refractivity contribution < 1.29 is 13.5 Å². The van der Waals surface area contributed by atoms with E-state index < -0.39 is 18.5 Å². The molecule has 1 saturated heterocycles. The predicted molar refractivity (Wildman–Crippen MR) is 110 cm³/mol. The van der Waals surface area contributed by atoms with Gasteiger partial charge in [0.05, 0.1) is 6.54 Å². The summed E-state index contributed by atoms with van der Waals surface area (Å²) in [7, 11) is 0. The first-order valence-electron chi connectivity index (χ1n) is 10.6. The number of aromatic nitrogens is 1. The molecule has 2 aliphatic rings. The zero-order chi connectivity index (χ0) is 20.2. The van der Waals surface area contributed by atoms with E-state index in [4.69, 9.17) is 4.74 Å². The van der Waals surface area contributed by atoms with Crippen LogP contribution in [0.25, 0.3) is 11.1 Å². The summed E-state index contributed by atoms with van der Waals surface area (Å²) in [5, 5.41) is 0. The predicted octanol–water partition coefficient (Wildman–Crippen LogP) is 4.57. The molecule has 4 rings (SSSR count). The number of hydrogen-bond acceptors (Lipinski definition) is 3. The molecular formula is C23H28F2N2O2. The lowest BCUT2D eigenvalue weighted by Crippen LogP contribution is -2.43. The number of benzene rings is 1. The maximum atomic E-state index is 12.5. The Morgan fingerprint density at radius 2 is 1.66 bits per heavy atom. The zero-order valence-corrected chi connectivity index (χ0v) is 16.6. The van der Waals surface area contributed by atoms with Gasteiger partial charge in [0.1, 0.15) is 11.9 Å². The van der Waals surface area contributed by atoms with Gasteiger partial charge < -0.3 is 14.2 Å². The monoisotopic (exact) mass is 402 g/mol. The summed E-state index contributed by atoms with van der Waals surface area (Å²) in [6, 6.07) is 11.5. The first-order valence-corrected chi connectivity index (χ1v) is 10.6. The maximum Gasteiger partial charge on any atom is 0.256 e. The molecule has 1 aliphatic heterocycles. The lowest BCUT2D eigenvalue weighted by Gasteiger charge is -2.36. The van der Waals surface area contributed by atoms with Gasteiger partial charge in [0.2, 0.25) is 0 Å². The van der Waals surface area contributed by atoms with E-state index in [2.05, 4.69) is 4.90 Å². The van der Waals surface area contributed by atoms with E-state index >= 15 is 0 Å². The molecule has 6 heteroatoms. The SMILES string of the molecule is O=c1cc(-c2ccc(OC3CCN(C4CCCC4)CC3)cc2)ccn1CC(F)F. The summed E-state index contributed by atoms with van der Waals surface area (Å²) >= 11 is 0. The standard InChI is InChI=1S/C23H28F2N2O2/c24-22(25)16-27-12-9-18(15-23(27)28)17-5-7-20(8-6-17)29-21-10-13-26(14-11-21)19-3-1-2-4-19/h5-9,12,15,19,21-22H,1-4,10-11,13-14,16H2. The molecule has 0 N–H and O–H groups in total. The van der Waals surface area contributed by atoms with Gasteiger partial charge in [-0.1, -0.05) is 25.0 Å². The van der Waals surface area contributed by atoms with Crippen LogP contribution in [0.4, 0.5) is 8.78 Å². The van der Waals surface area contributed by atoms with Crippen molar-refractivity contribution in [3.63, 3.8) is 0 Å². The number of alkyl halides is 2. The molecule has 1 aromatic carbocycles. The van der Waals surface area contributed by atoms with Gasteiger partial charge in [0.25, 0.3) is 12.0 Å².